The number of aromatic amines is 1. The summed E-state index contributed by atoms with van der Waals surface area (Å²) in [4.78, 5) is 22.9. The van der Waals surface area contributed by atoms with Crippen LogP contribution >= 0.6 is 0 Å². The summed E-state index contributed by atoms with van der Waals surface area (Å²) in [6.45, 7) is 0. The number of carbonyl (C=O) groups excluding carboxylic acids is 1. The van der Waals surface area contributed by atoms with Gasteiger partial charge in [0.1, 0.15) is 5.56 Å². The molecule has 1 aromatic rings. The number of halogens is 5. The summed E-state index contributed by atoms with van der Waals surface area (Å²) < 4.78 is 61.4. The fraction of sp³-hybridized carbons (Fsp3) is 0.250. The van der Waals surface area contributed by atoms with Gasteiger partial charge >= 0.3 is 6.18 Å². The van der Waals surface area contributed by atoms with Crippen molar-refractivity contribution < 1.29 is 26.7 Å². The van der Waals surface area contributed by atoms with E-state index in [1.54, 1.807) is 4.98 Å². The molecule has 0 saturated carbocycles. The first kappa shape index (κ1) is 12.3. The standard InChI is InChI=1S/C8H4F5NO2/c9-7(10)5-4(8(11,12)13)6(16)3(2-15)1-14-5/h1-2,7H,(H,14,16). The second-order valence-corrected chi connectivity index (χ2v) is 2.78. The normalized spacial score (nSPS) is 11.9. The Morgan fingerprint density at radius 2 is 1.88 bits per heavy atom. The van der Waals surface area contributed by atoms with Gasteiger partial charge in [-0.3, -0.25) is 9.59 Å². The van der Waals surface area contributed by atoms with Crippen LogP contribution in [0.3, 0.4) is 0 Å². The van der Waals surface area contributed by atoms with Crippen molar-refractivity contribution >= 4 is 6.29 Å². The lowest BCUT2D eigenvalue weighted by molar-refractivity contribution is -0.140. The average Bonchev–Trinajstić information content (AvgIpc) is 2.14. The molecule has 0 aromatic carbocycles. The molecule has 1 rings (SSSR count). The smallest absolute Gasteiger partial charge is 0.359 e. The highest BCUT2D eigenvalue weighted by Gasteiger charge is 2.39. The lowest BCUT2D eigenvalue weighted by Crippen LogP contribution is -2.26. The van der Waals surface area contributed by atoms with E-state index in [0.29, 0.717) is 6.20 Å². The van der Waals surface area contributed by atoms with Crippen LogP contribution in [0.1, 0.15) is 28.0 Å². The number of hydrogen-bond donors (Lipinski definition) is 1. The Morgan fingerprint density at radius 1 is 1.31 bits per heavy atom. The van der Waals surface area contributed by atoms with Gasteiger partial charge in [-0.1, -0.05) is 0 Å². The van der Waals surface area contributed by atoms with E-state index >= 15 is 0 Å². The zero-order valence-corrected chi connectivity index (χ0v) is 7.44. The minimum Gasteiger partial charge on any atom is -0.359 e. The molecule has 0 aliphatic rings. The first-order valence-corrected chi connectivity index (χ1v) is 3.85. The highest BCUT2D eigenvalue weighted by molar-refractivity contribution is 5.74. The summed E-state index contributed by atoms with van der Waals surface area (Å²) in [6.07, 6.45) is -8.33. The van der Waals surface area contributed by atoms with Gasteiger partial charge in [-0.15, -0.1) is 0 Å². The highest BCUT2D eigenvalue weighted by atomic mass is 19.4. The van der Waals surface area contributed by atoms with E-state index in [1.807, 2.05) is 0 Å². The maximum Gasteiger partial charge on any atom is 0.422 e. The summed E-state index contributed by atoms with van der Waals surface area (Å²) in [5.41, 5.74) is -6.18. The minimum absolute atomic E-state index is 0.136. The molecule has 1 heterocycles. The highest BCUT2D eigenvalue weighted by Crippen LogP contribution is 2.32. The number of aldehydes is 1. The average molecular weight is 241 g/mol. The van der Waals surface area contributed by atoms with Gasteiger partial charge in [0, 0.05) is 6.20 Å². The summed E-state index contributed by atoms with van der Waals surface area (Å²) in [7, 11) is 0. The van der Waals surface area contributed by atoms with Crippen LogP contribution in [-0.2, 0) is 6.18 Å². The molecule has 0 aliphatic heterocycles. The lowest BCUT2D eigenvalue weighted by Gasteiger charge is -2.11. The van der Waals surface area contributed by atoms with Crippen LogP contribution in [0, 0.1) is 0 Å². The van der Waals surface area contributed by atoms with E-state index in [9.17, 15) is 31.5 Å². The minimum atomic E-state index is -5.24. The van der Waals surface area contributed by atoms with Gasteiger partial charge in [0.15, 0.2) is 6.29 Å². The van der Waals surface area contributed by atoms with E-state index in [1.165, 1.54) is 0 Å². The maximum atomic E-state index is 12.3. The molecule has 0 saturated heterocycles. The Labute approximate surface area is 84.9 Å². The predicted octanol–water partition coefficient (Wildman–Crippen LogP) is 2.14. The SMILES string of the molecule is O=Cc1c[nH]c(C(F)F)c(C(F)(F)F)c1=O. The molecule has 88 valence electrons. The molecule has 0 fully saturated rings. The second-order valence-electron chi connectivity index (χ2n) is 2.78. The Morgan fingerprint density at radius 3 is 2.25 bits per heavy atom. The summed E-state index contributed by atoms with van der Waals surface area (Å²) in [5.74, 6) is 0. The number of alkyl halides is 5. The molecule has 0 atom stereocenters. The van der Waals surface area contributed by atoms with Crippen LogP contribution in [-0.4, -0.2) is 11.3 Å². The van der Waals surface area contributed by atoms with Crippen molar-refractivity contribution in [2.45, 2.75) is 12.6 Å². The van der Waals surface area contributed by atoms with Crippen molar-refractivity contribution in [1.29, 1.82) is 0 Å². The number of rotatable bonds is 2. The fourth-order valence-electron chi connectivity index (χ4n) is 1.10. The molecule has 1 aromatic heterocycles. The summed E-state index contributed by atoms with van der Waals surface area (Å²) in [5, 5.41) is 0. The monoisotopic (exact) mass is 241 g/mol. The van der Waals surface area contributed by atoms with Gasteiger partial charge in [-0.2, -0.15) is 13.2 Å². The van der Waals surface area contributed by atoms with Gasteiger partial charge in [-0.05, 0) is 0 Å². The van der Waals surface area contributed by atoms with Gasteiger partial charge in [-0.25, -0.2) is 8.78 Å². The number of H-pyrrole nitrogens is 1. The first-order chi connectivity index (χ1) is 7.29. The third kappa shape index (κ3) is 2.10. The van der Waals surface area contributed by atoms with Crippen molar-refractivity contribution in [2.75, 3.05) is 0 Å². The van der Waals surface area contributed by atoms with E-state index in [2.05, 4.69) is 0 Å². The van der Waals surface area contributed by atoms with Gasteiger partial charge in [0.25, 0.3) is 6.43 Å². The van der Waals surface area contributed by atoms with Gasteiger partial charge in [0.05, 0.1) is 11.3 Å². The Hall–Kier alpha value is -1.73. The molecular weight excluding hydrogens is 237 g/mol. The maximum absolute atomic E-state index is 12.3. The molecule has 0 bridgehead atoms. The molecule has 0 spiro atoms. The van der Waals surface area contributed by atoms with Gasteiger partial charge in [0.2, 0.25) is 5.43 Å². The molecule has 0 aliphatic carbocycles. The predicted molar refractivity (Wildman–Crippen MR) is 42.4 cm³/mol. The third-order valence-corrected chi connectivity index (χ3v) is 1.77. The molecule has 1 N–H and O–H groups in total. The fourth-order valence-corrected chi connectivity index (χ4v) is 1.10. The lowest BCUT2D eigenvalue weighted by atomic mass is 10.1. The molecule has 8 heteroatoms. The van der Waals surface area contributed by atoms with E-state index in [-0.39, 0.29) is 6.29 Å². The van der Waals surface area contributed by atoms with E-state index < -0.39 is 34.9 Å². The quantitative estimate of drug-likeness (QED) is 0.637. The number of aromatic nitrogens is 1. The molecule has 0 amide bonds. The topological polar surface area (TPSA) is 49.9 Å². The number of pyridine rings is 1. The second kappa shape index (κ2) is 4.03. The van der Waals surface area contributed by atoms with Crippen LogP contribution in [0.25, 0.3) is 0 Å². The van der Waals surface area contributed by atoms with Crippen LogP contribution in [0.4, 0.5) is 22.0 Å². The van der Waals surface area contributed by atoms with Gasteiger partial charge < -0.3 is 4.98 Å². The van der Waals surface area contributed by atoms with Crippen molar-refractivity contribution in [3.63, 3.8) is 0 Å². The van der Waals surface area contributed by atoms with Crippen LogP contribution in [0.15, 0.2) is 11.0 Å². The molecule has 3 nitrogen and oxygen atoms in total. The molecular formula is C8H4F5NO2. The van der Waals surface area contributed by atoms with E-state index in [0.717, 1.165) is 0 Å². The zero-order chi connectivity index (χ0) is 12.5. The van der Waals surface area contributed by atoms with Crippen LogP contribution < -0.4 is 5.43 Å². The molecule has 0 radical (unpaired) electrons. The number of carbonyl (C=O) groups is 1. The zero-order valence-electron chi connectivity index (χ0n) is 7.44. The molecule has 0 unspecified atom stereocenters. The Balaban J connectivity index is 3.63. The summed E-state index contributed by atoms with van der Waals surface area (Å²) >= 11 is 0. The third-order valence-electron chi connectivity index (χ3n) is 1.77. The van der Waals surface area contributed by atoms with E-state index in [4.69, 9.17) is 0 Å². The Kier molecular flexibility index (Phi) is 3.11. The number of hydrogen-bond acceptors (Lipinski definition) is 2. The first-order valence-electron chi connectivity index (χ1n) is 3.85. The number of nitrogens with one attached hydrogen (secondary N) is 1. The van der Waals surface area contributed by atoms with Crippen molar-refractivity contribution in [1.82, 2.24) is 4.98 Å². The van der Waals surface area contributed by atoms with Crippen molar-refractivity contribution in [3.8, 4) is 0 Å². The largest absolute Gasteiger partial charge is 0.422 e. The summed E-state index contributed by atoms with van der Waals surface area (Å²) in [6, 6.07) is 0. The molecule has 16 heavy (non-hydrogen) atoms. The van der Waals surface area contributed by atoms with Crippen LogP contribution in [0.5, 0.6) is 0 Å². The van der Waals surface area contributed by atoms with Crippen molar-refractivity contribution in [3.05, 3.63) is 33.2 Å². The van der Waals surface area contributed by atoms with Crippen LogP contribution in [0.2, 0.25) is 0 Å². The van der Waals surface area contributed by atoms with Crippen molar-refractivity contribution in [2.24, 2.45) is 0 Å². The Bertz CT molecular complexity index is 462.